The highest BCUT2D eigenvalue weighted by molar-refractivity contribution is 5.66. The van der Waals surface area contributed by atoms with Crippen molar-refractivity contribution >= 4 is 6.09 Å². The van der Waals surface area contributed by atoms with Gasteiger partial charge in [-0.25, -0.2) is 4.79 Å². The summed E-state index contributed by atoms with van der Waals surface area (Å²) in [6, 6.07) is 27.3. The Morgan fingerprint density at radius 2 is 1.66 bits per heavy atom. The first-order valence-electron chi connectivity index (χ1n) is 10.8. The number of hydroxylamine groups is 2. The van der Waals surface area contributed by atoms with Crippen molar-refractivity contribution < 1.29 is 19.5 Å². The first kappa shape index (κ1) is 23.3. The molecule has 32 heavy (non-hydrogen) atoms. The van der Waals surface area contributed by atoms with Crippen LogP contribution in [0.25, 0.3) is 0 Å². The second-order valence-electron chi connectivity index (χ2n) is 7.48. The Bertz CT molecular complexity index is 950. The number of benzene rings is 3. The quantitative estimate of drug-likeness (QED) is 0.253. The first-order chi connectivity index (χ1) is 15.7. The van der Waals surface area contributed by atoms with Crippen molar-refractivity contribution in [1.29, 1.82) is 0 Å². The molecule has 0 heterocycles. The van der Waals surface area contributed by atoms with Crippen molar-refractivity contribution in [2.45, 2.75) is 25.5 Å². The van der Waals surface area contributed by atoms with E-state index in [4.69, 9.17) is 9.47 Å². The van der Waals surface area contributed by atoms with Crippen molar-refractivity contribution in [3.8, 4) is 5.75 Å². The van der Waals surface area contributed by atoms with Crippen LogP contribution >= 0.6 is 0 Å². The SMILES string of the molecule is COc1cccc(CNCCCN(O)C(=O)OC(Cc2ccccc2)c2ccccc2)c1. The van der Waals surface area contributed by atoms with Crippen molar-refractivity contribution in [2.75, 3.05) is 20.2 Å². The van der Waals surface area contributed by atoms with E-state index in [2.05, 4.69) is 5.32 Å². The van der Waals surface area contributed by atoms with Gasteiger partial charge < -0.3 is 14.8 Å². The van der Waals surface area contributed by atoms with Crippen LogP contribution in [0.3, 0.4) is 0 Å². The fourth-order valence-corrected chi connectivity index (χ4v) is 3.37. The molecule has 0 aliphatic carbocycles. The summed E-state index contributed by atoms with van der Waals surface area (Å²) in [5.41, 5.74) is 3.05. The Balaban J connectivity index is 1.46. The van der Waals surface area contributed by atoms with E-state index in [0.29, 0.717) is 31.0 Å². The van der Waals surface area contributed by atoms with E-state index >= 15 is 0 Å². The molecule has 3 rings (SSSR count). The molecule has 0 radical (unpaired) electrons. The lowest BCUT2D eigenvalue weighted by Gasteiger charge is -2.22. The highest BCUT2D eigenvalue weighted by Gasteiger charge is 2.21. The zero-order valence-electron chi connectivity index (χ0n) is 18.3. The number of nitrogens with one attached hydrogen (secondary N) is 1. The molecule has 1 unspecified atom stereocenters. The number of nitrogens with zero attached hydrogens (tertiary/aromatic N) is 1. The number of hydrogen-bond donors (Lipinski definition) is 2. The van der Waals surface area contributed by atoms with Crippen molar-refractivity contribution in [2.24, 2.45) is 0 Å². The van der Waals surface area contributed by atoms with Gasteiger partial charge in [-0.1, -0.05) is 72.8 Å². The molecular weight excluding hydrogens is 404 g/mol. The van der Waals surface area contributed by atoms with Crippen LogP contribution in [0.2, 0.25) is 0 Å². The minimum absolute atomic E-state index is 0.177. The summed E-state index contributed by atoms with van der Waals surface area (Å²) < 4.78 is 10.9. The summed E-state index contributed by atoms with van der Waals surface area (Å²) in [6.07, 6.45) is -0.105. The third kappa shape index (κ3) is 7.41. The van der Waals surface area contributed by atoms with Gasteiger partial charge >= 0.3 is 6.09 Å². The van der Waals surface area contributed by atoms with Gasteiger partial charge in [0.05, 0.1) is 13.7 Å². The van der Waals surface area contributed by atoms with E-state index < -0.39 is 12.2 Å². The summed E-state index contributed by atoms with van der Waals surface area (Å²) in [4.78, 5) is 12.5. The van der Waals surface area contributed by atoms with Gasteiger partial charge in [0, 0.05) is 13.0 Å². The number of rotatable bonds is 11. The van der Waals surface area contributed by atoms with Gasteiger partial charge in [-0.2, -0.15) is 5.06 Å². The molecule has 6 nitrogen and oxygen atoms in total. The minimum Gasteiger partial charge on any atom is -0.497 e. The van der Waals surface area contributed by atoms with Crippen molar-refractivity contribution in [3.05, 3.63) is 102 Å². The maximum absolute atomic E-state index is 12.5. The van der Waals surface area contributed by atoms with Gasteiger partial charge in [0.25, 0.3) is 0 Å². The number of methoxy groups -OCH3 is 1. The molecule has 1 atom stereocenters. The topological polar surface area (TPSA) is 71.0 Å². The standard InChI is InChI=1S/C26H30N2O4/c1-31-24-15-8-12-22(18-24)20-27-16-9-17-28(30)26(29)32-25(23-13-6-3-7-14-23)19-21-10-4-2-5-11-21/h2-8,10-15,18,25,27,30H,9,16-17,19-20H2,1H3. The summed E-state index contributed by atoms with van der Waals surface area (Å²) in [5, 5.41) is 14.1. The molecular formula is C26H30N2O4. The number of hydrogen-bond acceptors (Lipinski definition) is 5. The second kappa shape index (κ2) is 12.5. The van der Waals surface area contributed by atoms with Crippen LogP contribution < -0.4 is 10.1 Å². The largest absolute Gasteiger partial charge is 0.497 e. The van der Waals surface area contributed by atoms with Crippen molar-refractivity contribution in [3.63, 3.8) is 0 Å². The molecule has 1 amide bonds. The number of carbonyl (C=O) groups excluding carboxylic acids is 1. The maximum atomic E-state index is 12.5. The Morgan fingerprint density at radius 1 is 0.969 bits per heavy atom. The second-order valence-corrected chi connectivity index (χ2v) is 7.48. The Morgan fingerprint density at radius 3 is 2.38 bits per heavy atom. The van der Waals surface area contributed by atoms with Gasteiger partial charge in [0.1, 0.15) is 11.9 Å². The molecule has 0 aromatic heterocycles. The lowest BCUT2D eigenvalue weighted by molar-refractivity contribution is -0.0842. The zero-order chi connectivity index (χ0) is 22.6. The first-order valence-corrected chi connectivity index (χ1v) is 10.8. The van der Waals surface area contributed by atoms with Crippen molar-refractivity contribution in [1.82, 2.24) is 10.4 Å². The third-order valence-corrected chi connectivity index (χ3v) is 5.08. The maximum Gasteiger partial charge on any atom is 0.434 e. The Hall–Kier alpha value is -3.35. The molecule has 0 saturated carbocycles. The highest BCUT2D eigenvalue weighted by atomic mass is 16.6. The van der Waals surface area contributed by atoms with Gasteiger partial charge in [-0.05, 0) is 41.8 Å². The Labute approximate surface area is 189 Å². The number of carbonyl (C=O) groups is 1. The van der Waals surface area contributed by atoms with Gasteiger partial charge in [-0.3, -0.25) is 5.21 Å². The van der Waals surface area contributed by atoms with Crippen LogP contribution in [0.5, 0.6) is 5.75 Å². The smallest absolute Gasteiger partial charge is 0.434 e. The molecule has 6 heteroatoms. The lowest BCUT2D eigenvalue weighted by Crippen LogP contribution is -2.32. The minimum atomic E-state index is -0.748. The average molecular weight is 435 g/mol. The summed E-state index contributed by atoms with van der Waals surface area (Å²) in [6.45, 7) is 1.50. The molecule has 168 valence electrons. The predicted molar refractivity (Wildman–Crippen MR) is 124 cm³/mol. The number of ether oxygens (including phenoxy) is 2. The molecule has 0 aliphatic heterocycles. The zero-order valence-corrected chi connectivity index (χ0v) is 18.3. The molecule has 0 spiro atoms. The summed E-state index contributed by atoms with van der Waals surface area (Å²) in [7, 11) is 1.64. The monoisotopic (exact) mass is 434 g/mol. The molecule has 0 saturated heterocycles. The summed E-state index contributed by atoms with van der Waals surface area (Å²) in [5.74, 6) is 0.817. The third-order valence-electron chi connectivity index (χ3n) is 5.08. The van der Waals surface area contributed by atoms with E-state index in [0.717, 1.165) is 22.4 Å². The van der Waals surface area contributed by atoms with Crippen LogP contribution in [0.1, 0.15) is 29.2 Å². The molecule has 3 aromatic carbocycles. The molecule has 0 bridgehead atoms. The van der Waals surface area contributed by atoms with Crippen LogP contribution in [0.15, 0.2) is 84.9 Å². The Kier molecular flexibility index (Phi) is 9.10. The van der Waals surface area contributed by atoms with E-state index in [1.807, 2.05) is 84.9 Å². The van der Waals surface area contributed by atoms with Crippen LogP contribution in [-0.2, 0) is 17.7 Å². The normalized spacial score (nSPS) is 11.6. The van der Waals surface area contributed by atoms with Crippen LogP contribution in [-0.4, -0.2) is 36.6 Å². The predicted octanol–water partition coefficient (Wildman–Crippen LogP) is 4.99. The summed E-state index contributed by atoms with van der Waals surface area (Å²) >= 11 is 0. The molecule has 2 N–H and O–H groups in total. The van der Waals surface area contributed by atoms with Crippen LogP contribution in [0.4, 0.5) is 4.79 Å². The van der Waals surface area contributed by atoms with Crippen LogP contribution in [0, 0.1) is 0 Å². The molecule has 0 fully saturated rings. The van der Waals surface area contributed by atoms with Gasteiger partial charge in [0.2, 0.25) is 0 Å². The average Bonchev–Trinajstić information content (AvgIpc) is 2.84. The van der Waals surface area contributed by atoms with E-state index in [1.165, 1.54) is 0 Å². The number of amides is 1. The van der Waals surface area contributed by atoms with Gasteiger partial charge in [0.15, 0.2) is 0 Å². The van der Waals surface area contributed by atoms with E-state index in [1.54, 1.807) is 7.11 Å². The fraction of sp³-hybridized carbons (Fsp3) is 0.269. The highest BCUT2D eigenvalue weighted by Crippen LogP contribution is 2.23. The van der Waals surface area contributed by atoms with Gasteiger partial charge in [-0.15, -0.1) is 0 Å². The van der Waals surface area contributed by atoms with E-state index in [9.17, 15) is 10.0 Å². The lowest BCUT2D eigenvalue weighted by atomic mass is 10.0. The molecule has 0 aliphatic rings. The fourth-order valence-electron chi connectivity index (χ4n) is 3.37. The molecule has 3 aromatic rings. The van der Waals surface area contributed by atoms with E-state index in [-0.39, 0.29) is 6.54 Å².